The van der Waals surface area contributed by atoms with Gasteiger partial charge in [0.2, 0.25) is 0 Å². The maximum atomic E-state index is 12.1. The number of aromatic amines is 1. The molecular weight excluding hydrogens is 292 g/mol. The van der Waals surface area contributed by atoms with E-state index in [2.05, 4.69) is 11.7 Å². The number of carbonyl (C=O) groups is 1. The normalized spacial score (nSPS) is 11.8. The number of nitrogens with zero attached hydrogens (tertiary/aromatic N) is 1. The summed E-state index contributed by atoms with van der Waals surface area (Å²) in [4.78, 5) is 23.0. The molecule has 0 bridgehead atoms. The smallest absolute Gasteiger partial charge is 0.335 e. The van der Waals surface area contributed by atoms with Crippen LogP contribution in [0.1, 0.15) is 23.0 Å². The zero-order valence-corrected chi connectivity index (χ0v) is 12.8. The molecule has 0 saturated heterocycles. The molecule has 23 heavy (non-hydrogen) atoms. The molecule has 1 aromatic carbocycles. The predicted molar refractivity (Wildman–Crippen MR) is 90.1 cm³/mol. The number of nitrogens with one attached hydrogen (secondary N) is 1. The second-order valence-corrected chi connectivity index (χ2v) is 4.96. The molecular formula is C18H18N2O3. The average Bonchev–Trinajstić information content (AvgIpc) is 2.88. The lowest BCUT2D eigenvalue weighted by Crippen LogP contribution is -2.13. The quantitative estimate of drug-likeness (QED) is 0.805. The van der Waals surface area contributed by atoms with Crippen molar-refractivity contribution in [2.45, 2.75) is 13.3 Å². The molecule has 0 fully saturated rings. The van der Waals surface area contributed by atoms with Crippen LogP contribution in [0.2, 0.25) is 0 Å². The Morgan fingerprint density at radius 1 is 1.35 bits per heavy atom. The number of hydrogen-bond donors (Lipinski definition) is 2. The molecule has 5 heteroatoms. The van der Waals surface area contributed by atoms with Gasteiger partial charge in [0.15, 0.2) is 0 Å². The van der Waals surface area contributed by atoms with E-state index in [1.165, 1.54) is 22.9 Å². The van der Waals surface area contributed by atoms with Gasteiger partial charge in [0.05, 0.1) is 11.3 Å². The Morgan fingerprint density at radius 2 is 2.04 bits per heavy atom. The summed E-state index contributed by atoms with van der Waals surface area (Å²) in [5.41, 5.74) is 2.37. The second-order valence-electron chi connectivity index (χ2n) is 4.96. The highest BCUT2D eigenvalue weighted by atomic mass is 16.4. The molecule has 0 unspecified atom stereocenters. The first kappa shape index (κ1) is 16.3. The number of aromatic nitrogens is 2. The fourth-order valence-corrected chi connectivity index (χ4v) is 2.24. The first-order chi connectivity index (χ1) is 11.0. The molecule has 0 aliphatic heterocycles. The third kappa shape index (κ3) is 3.97. The number of benzene rings is 1. The Kier molecular flexibility index (Phi) is 5.15. The first-order valence-corrected chi connectivity index (χ1v) is 7.14. The van der Waals surface area contributed by atoms with E-state index in [-0.39, 0.29) is 11.1 Å². The standard InChI is InChI=1S/C18H18N2O3/c1-3-5-13(6-4-2)11-15-12-17(21)20(19-15)16-9-7-14(8-10-16)18(22)23/h3-10,12,19H,1,11H2,2H3,(H,22,23)/b6-4-,13-5+. The average molecular weight is 310 g/mol. The van der Waals surface area contributed by atoms with Crippen LogP contribution in [0.25, 0.3) is 5.69 Å². The molecule has 2 N–H and O–H groups in total. The number of H-pyrrole nitrogens is 1. The summed E-state index contributed by atoms with van der Waals surface area (Å²) in [5, 5.41) is 11.9. The summed E-state index contributed by atoms with van der Waals surface area (Å²) in [7, 11) is 0. The molecule has 1 aromatic heterocycles. The zero-order chi connectivity index (χ0) is 16.8. The van der Waals surface area contributed by atoms with Gasteiger partial charge in [-0.3, -0.25) is 9.89 Å². The summed E-state index contributed by atoms with van der Waals surface area (Å²) in [5.74, 6) is -0.998. The van der Waals surface area contributed by atoms with Crippen LogP contribution in [0.5, 0.6) is 0 Å². The number of carboxylic acids is 1. The number of rotatable bonds is 6. The first-order valence-electron chi connectivity index (χ1n) is 7.14. The lowest BCUT2D eigenvalue weighted by molar-refractivity contribution is 0.0697. The summed E-state index contributed by atoms with van der Waals surface area (Å²) < 4.78 is 1.39. The monoisotopic (exact) mass is 310 g/mol. The number of allylic oxidation sites excluding steroid dienone is 5. The van der Waals surface area contributed by atoms with E-state index < -0.39 is 5.97 Å². The van der Waals surface area contributed by atoms with Crippen molar-refractivity contribution in [3.8, 4) is 5.69 Å². The Hall–Kier alpha value is -3.08. The lowest BCUT2D eigenvalue weighted by atomic mass is 10.1. The fourth-order valence-electron chi connectivity index (χ4n) is 2.24. The molecule has 0 spiro atoms. The summed E-state index contributed by atoms with van der Waals surface area (Å²) in [6, 6.07) is 7.65. The van der Waals surface area contributed by atoms with Crippen LogP contribution >= 0.6 is 0 Å². The molecule has 5 nitrogen and oxygen atoms in total. The third-order valence-electron chi connectivity index (χ3n) is 3.25. The summed E-state index contributed by atoms with van der Waals surface area (Å²) in [6.07, 6.45) is 8.05. The van der Waals surface area contributed by atoms with Crippen molar-refractivity contribution in [1.82, 2.24) is 9.78 Å². The summed E-state index contributed by atoms with van der Waals surface area (Å²) >= 11 is 0. The van der Waals surface area contributed by atoms with Gasteiger partial charge in [0.1, 0.15) is 0 Å². The van der Waals surface area contributed by atoms with Gasteiger partial charge < -0.3 is 5.11 Å². The Balaban J connectivity index is 2.30. The van der Waals surface area contributed by atoms with Crippen LogP contribution in [0, 0.1) is 0 Å². The van der Waals surface area contributed by atoms with Gasteiger partial charge >= 0.3 is 5.97 Å². The van der Waals surface area contributed by atoms with E-state index in [0.717, 1.165) is 11.3 Å². The number of hydrogen-bond acceptors (Lipinski definition) is 2. The van der Waals surface area contributed by atoms with E-state index in [1.54, 1.807) is 18.2 Å². The molecule has 0 radical (unpaired) electrons. The minimum absolute atomic E-state index is 0.179. The predicted octanol–water partition coefficient (Wildman–Crippen LogP) is 3.09. The molecule has 118 valence electrons. The largest absolute Gasteiger partial charge is 0.478 e. The van der Waals surface area contributed by atoms with E-state index in [9.17, 15) is 9.59 Å². The maximum absolute atomic E-state index is 12.1. The topological polar surface area (TPSA) is 75.1 Å². The van der Waals surface area contributed by atoms with Gasteiger partial charge in [-0.25, -0.2) is 9.48 Å². The third-order valence-corrected chi connectivity index (χ3v) is 3.25. The van der Waals surface area contributed by atoms with Gasteiger partial charge in [-0.2, -0.15) is 0 Å². The van der Waals surface area contributed by atoms with Crippen LogP contribution in [0.15, 0.2) is 71.6 Å². The van der Waals surface area contributed by atoms with Crippen molar-refractivity contribution in [2.24, 2.45) is 0 Å². The lowest BCUT2D eigenvalue weighted by Gasteiger charge is -2.03. The fraction of sp³-hybridized carbons (Fsp3) is 0.111. The maximum Gasteiger partial charge on any atom is 0.335 e. The Bertz CT molecular complexity index is 821. The van der Waals surface area contributed by atoms with Crippen molar-refractivity contribution in [2.75, 3.05) is 0 Å². The second kappa shape index (κ2) is 7.26. The van der Waals surface area contributed by atoms with Gasteiger partial charge in [-0.1, -0.05) is 30.9 Å². The van der Waals surface area contributed by atoms with Crippen LogP contribution in [-0.2, 0) is 6.42 Å². The molecule has 0 saturated carbocycles. The molecule has 0 aliphatic rings. The highest BCUT2D eigenvalue weighted by molar-refractivity contribution is 5.87. The van der Waals surface area contributed by atoms with Crippen molar-refractivity contribution in [3.63, 3.8) is 0 Å². The molecule has 2 aromatic rings. The van der Waals surface area contributed by atoms with Crippen molar-refractivity contribution >= 4 is 5.97 Å². The molecule has 1 heterocycles. The van der Waals surface area contributed by atoms with E-state index in [4.69, 9.17) is 5.11 Å². The van der Waals surface area contributed by atoms with Crippen molar-refractivity contribution in [3.05, 3.63) is 88.4 Å². The zero-order valence-electron chi connectivity index (χ0n) is 12.8. The Labute approximate surface area is 133 Å². The molecule has 0 atom stereocenters. The molecule has 2 rings (SSSR count). The highest BCUT2D eigenvalue weighted by Gasteiger charge is 2.08. The SMILES string of the molecule is C=C/C=C(\C=C/C)Cc1cc(=O)n(-c2ccc(C(=O)O)cc2)[nH]1. The van der Waals surface area contributed by atoms with E-state index in [1.807, 2.05) is 25.2 Å². The van der Waals surface area contributed by atoms with Crippen LogP contribution in [-0.4, -0.2) is 20.9 Å². The van der Waals surface area contributed by atoms with Crippen LogP contribution in [0.3, 0.4) is 0 Å². The number of aromatic carboxylic acids is 1. The molecule has 0 aliphatic carbocycles. The van der Waals surface area contributed by atoms with Gasteiger partial charge in [0.25, 0.3) is 5.56 Å². The van der Waals surface area contributed by atoms with Gasteiger partial charge in [-0.05, 0) is 36.8 Å². The van der Waals surface area contributed by atoms with E-state index in [0.29, 0.717) is 12.1 Å². The number of carboxylic acid groups (broad SMARTS) is 1. The van der Waals surface area contributed by atoms with Crippen molar-refractivity contribution in [1.29, 1.82) is 0 Å². The van der Waals surface area contributed by atoms with Crippen molar-refractivity contribution < 1.29 is 9.90 Å². The molecule has 0 amide bonds. The van der Waals surface area contributed by atoms with E-state index >= 15 is 0 Å². The van der Waals surface area contributed by atoms with Crippen LogP contribution < -0.4 is 5.56 Å². The van der Waals surface area contributed by atoms with Crippen LogP contribution in [0.4, 0.5) is 0 Å². The van der Waals surface area contributed by atoms with Gasteiger partial charge in [0, 0.05) is 18.2 Å². The minimum Gasteiger partial charge on any atom is -0.478 e. The summed E-state index contributed by atoms with van der Waals surface area (Å²) in [6.45, 7) is 5.61. The minimum atomic E-state index is -0.998. The Morgan fingerprint density at radius 3 is 2.61 bits per heavy atom. The highest BCUT2D eigenvalue weighted by Crippen LogP contribution is 2.10. The van der Waals surface area contributed by atoms with Gasteiger partial charge in [-0.15, -0.1) is 0 Å².